The van der Waals surface area contributed by atoms with Crippen molar-refractivity contribution in [3.8, 4) is 0 Å². The van der Waals surface area contributed by atoms with Gasteiger partial charge in [0.2, 0.25) is 0 Å². The monoisotopic (exact) mass is 154 g/mol. The second kappa shape index (κ2) is 3.06. The van der Waals surface area contributed by atoms with Gasteiger partial charge in [-0.25, -0.2) is 4.39 Å². The molecule has 3 heteroatoms. The second-order valence-corrected chi connectivity index (χ2v) is 2.35. The SMILES string of the molecule is [B]Cc1cc(F)ccc1Cl. The molecule has 2 radical (unpaired) electrons. The van der Waals surface area contributed by atoms with Crippen LogP contribution in [0.15, 0.2) is 18.2 Å². The number of hydrogen-bond donors (Lipinski definition) is 0. The maximum atomic E-state index is 12.4. The minimum atomic E-state index is -0.301. The standard InChI is InChI=1S/C7H5BClF/c8-4-5-3-6(10)1-2-7(5)9/h1-3H,4H2. The molecule has 0 aliphatic heterocycles. The fourth-order valence-electron chi connectivity index (χ4n) is 0.700. The van der Waals surface area contributed by atoms with Crippen LogP contribution in [0.5, 0.6) is 0 Å². The van der Waals surface area contributed by atoms with E-state index in [0.717, 1.165) is 0 Å². The molecule has 1 rings (SSSR count). The number of benzene rings is 1. The van der Waals surface area contributed by atoms with Crippen molar-refractivity contribution in [1.29, 1.82) is 0 Å². The van der Waals surface area contributed by atoms with Crippen molar-refractivity contribution in [3.63, 3.8) is 0 Å². The third-order valence-electron chi connectivity index (χ3n) is 1.23. The lowest BCUT2D eigenvalue weighted by Crippen LogP contribution is -1.86. The molecule has 0 amide bonds. The van der Waals surface area contributed by atoms with E-state index in [2.05, 4.69) is 0 Å². The Morgan fingerprint density at radius 2 is 2.20 bits per heavy atom. The van der Waals surface area contributed by atoms with Gasteiger partial charge in [0.05, 0.1) is 7.85 Å². The van der Waals surface area contributed by atoms with Gasteiger partial charge in [-0.3, -0.25) is 0 Å². The fraction of sp³-hybridized carbons (Fsp3) is 0.143. The summed E-state index contributed by atoms with van der Waals surface area (Å²) < 4.78 is 12.4. The van der Waals surface area contributed by atoms with Crippen molar-refractivity contribution >= 4 is 19.4 Å². The summed E-state index contributed by atoms with van der Waals surface area (Å²) in [4.78, 5) is 0. The van der Waals surface area contributed by atoms with Crippen LogP contribution < -0.4 is 0 Å². The Balaban J connectivity index is 3.09. The Bertz CT molecular complexity index is 237. The number of rotatable bonds is 1. The van der Waals surface area contributed by atoms with Crippen molar-refractivity contribution in [3.05, 3.63) is 34.6 Å². The molecule has 0 saturated carbocycles. The predicted molar refractivity (Wildman–Crippen MR) is 40.9 cm³/mol. The van der Waals surface area contributed by atoms with Crippen LogP contribution in [0.4, 0.5) is 4.39 Å². The van der Waals surface area contributed by atoms with Crippen LogP contribution in [0.1, 0.15) is 5.56 Å². The van der Waals surface area contributed by atoms with Gasteiger partial charge in [-0.15, -0.1) is 0 Å². The summed E-state index contributed by atoms with van der Waals surface area (Å²) in [6, 6.07) is 4.14. The van der Waals surface area contributed by atoms with Gasteiger partial charge in [0, 0.05) is 5.02 Å². The zero-order valence-electron chi connectivity index (χ0n) is 5.27. The summed E-state index contributed by atoms with van der Waals surface area (Å²) >= 11 is 5.65. The molecular formula is C7H5BClF. The number of hydrogen-bond acceptors (Lipinski definition) is 0. The maximum absolute atomic E-state index is 12.4. The van der Waals surface area contributed by atoms with E-state index in [1.165, 1.54) is 18.2 Å². The van der Waals surface area contributed by atoms with Crippen molar-refractivity contribution in [2.45, 2.75) is 6.32 Å². The van der Waals surface area contributed by atoms with E-state index < -0.39 is 0 Å². The van der Waals surface area contributed by atoms with Crippen molar-refractivity contribution in [1.82, 2.24) is 0 Å². The average molecular weight is 154 g/mol. The lowest BCUT2D eigenvalue weighted by Gasteiger charge is -1.98. The van der Waals surface area contributed by atoms with Crippen molar-refractivity contribution in [2.75, 3.05) is 0 Å². The Hall–Kier alpha value is -0.495. The molecule has 0 saturated heterocycles. The van der Waals surface area contributed by atoms with Gasteiger partial charge in [0.25, 0.3) is 0 Å². The van der Waals surface area contributed by atoms with Crippen LogP contribution in [0.3, 0.4) is 0 Å². The smallest absolute Gasteiger partial charge is 0.123 e. The molecule has 1 aromatic rings. The molecule has 0 aliphatic carbocycles. The average Bonchev–Trinajstić information content (AvgIpc) is 1.94. The minimum Gasteiger partial charge on any atom is -0.207 e. The Labute approximate surface area is 65.4 Å². The zero-order valence-corrected chi connectivity index (χ0v) is 6.03. The topological polar surface area (TPSA) is 0 Å². The van der Waals surface area contributed by atoms with E-state index >= 15 is 0 Å². The summed E-state index contributed by atoms with van der Waals surface area (Å²) in [6.07, 6.45) is 0.274. The Kier molecular flexibility index (Phi) is 2.33. The Morgan fingerprint density at radius 3 is 2.70 bits per heavy atom. The highest BCUT2D eigenvalue weighted by atomic mass is 35.5. The van der Waals surface area contributed by atoms with E-state index in [1.807, 2.05) is 0 Å². The van der Waals surface area contributed by atoms with Crippen molar-refractivity contribution in [2.24, 2.45) is 0 Å². The molecule has 10 heavy (non-hydrogen) atoms. The first kappa shape index (κ1) is 7.61. The van der Waals surface area contributed by atoms with Gasteiger partial charge in [0.15, 0.2) is 0 Å². The summed E-state index contributed by atoms with van der Waals surface area (Å²) in [5.41, 5.74) is 0.640. The second-order valence-electron chi connectivity index (χ2n) is 1.94. The highest BCUT2D eigenvalue weighted by Gasteiger charge is 1.97. The zero-order chi connectivity index (χ0) is 7.56. The molecule has 0 aromatic heterocycles. The van der Waals surface area contributed by atoms with E-state index in [1.54, 1.807) is 0 Å². The van der Waals surface area contributed by atoms with E-state index in [0.29, 0.717) is 10.6 Å². The summed E-state index contributed by atoms with van der Waals surface area (Å²) in [7, 11) is 5.27. The van der Waals surface area contributed by atoms with Crippen LogP contribution in [0, 0.1) is 5.82 Å². The summed E-state index contributed by atoms with van der Waals surface area (Å²) in [5, 5.41) is 0.518. The summed E-state index contributed by atoms with van der Waals surface area (Å²) in [6.45, 7) is 0. The molecule has 0 bridgehead atoms. The first-order valence-corrected chi connectivity index (χ1v) is 3.26. The minimum absolute atomic E-state index is 0.274. The van der Waals surface area contributed by atoms with Crippen LogP contribution in [0.25, 0.3) is 0 Å². The molecule has 0 atom stereocenters. The van der Waals surface area contributed by atoms with E-state index in [9.17, 15) is 4.39 Å². The molecule has 0 heterocycles. The van der Waals surface area contributed by atoms with Gasteiger partial charge in [0.1, 0.15) is 5.82 Å². The molecule has 50 valence electrons. The molecule has 0 nitrogen and oxygen atoms in total. The van der Waals surface area contributed by atoms with Gasteiger partial charge in [-0.2, -0.15) is 0 Å². The molecule has 0 fully saturated rings. The molecule has 0 unspecified atom stereocenters. The van der Waals surface area contributed by atoms with Gasteiger partial charge in [-0.05, 0) is 23.8 Å². The molecule has 0 spiro atoms. The molecular weight excluding hydrogens is 149 g/mol. The van der Waals surface area contributed by atoms with Crippen LogP contribution in [-0.4, -0.2) is 7.85 Å². The van der Waals surface area contributed by atoms with E-state index in [4.69, 9.17) is 19.4 Å². The van der Waals surface area contributed by atoms with Crippen LogP contribution in [-0.2, 0) is 6.32 Å². The fourth-order valence-corrected chi connectivity index (χ4v) is 0.894. The molecule has 0 aliphatic rings. The third kappa shape index (κ3) is 1.51. The first-order valence-electron chi connectivity index (χ1n) is 2.88. The quantitative estimate of drug-likeness (QED) is 0.544. The van der Waals surface area contributed by atoms with Crippen LogP contribution in [0.2, 0.25) is 5.02 Å². The first-order chi connectivity index (χ1) is 4.74. The normalized spacial score (nSPS) is 9.80. The molecule has 0 N–H and O–H groups in total. The maximum Gasteiger partial charge on any atom is 0.123 e. The largest absolute Gasteiger partial charge is 0.207 e. The third-order valence-corrected chi connectivity index (χ3v) is 1.60. The van der Waals surface area contributed by atoms with E-state index in [-0.39, 0.29) is 12.1 Å². The van der Waals surface area contributed by atoms with Gasteiger partial charge in [-0.1, -0.05) is 17.9 Å². The highest BCUT2D eigenvalue weighted by Crippen LogP contribution is 2.16. The van der Waals surface area contributed by atoms with Crippen molar-refractivity contribution < 1.29 is 4.39 Å². The lowest BCUT2D eigenvalue weighted by atomic mass is 9.97. The molecule has 1 aromatic carbocycles. The lowest BCUT2D eigenvalue weighted by molar-refractivity contribution is 0.626. The van der Waals surface area contributed by atoms with Crippen LogP contribution >= 0.6 is 11.6 Å². The van der Waals surface area contributed by atoms with Gasteiger partial charge < -0.3 is 0 Å². The van der Waals surface area contributed by atoms with Gasteiger partial charge >= 0.3 is 0 Å². The summed E-state index contributed by atoms with van der Waals surface area (Å²) in [5.74, 6) is -0.301. The predicted octanol–water partition coefficient (Wildman–Crippen LogP) is 2.15. The highest BCUT2D eigenvalue weighted by molar-refractivity contribution is 6.31. The number of halogens is 2. The Morgan fingerprint density at radius 1 is 1.50 bits per heavy atom.